The molecular formula is C13H19BrN2O2. The van der Waals surface area contributed by atoms with Gasteiger partial charge in [0.25, 0.3) is 0 Å². The van der Waals surface area contributed by atoms with Crippen molar-refractivity contribution in [1.29, 1.82) is 0 Å². The average Bonchev–Trinajstić information content (AvgIpc) is 2.29. The molecule has 5 heteroatoms. The number of halogens is 1. The minimum absolute atomic E-state index is 0.307. The SMILES string of the molecule is CN(C)CCN(C)Cc1ccc(C(=O)O)cc1Br. The summed E-state index contributed by atoms with van der Waals surface area (Å²) in [5.41, 5.74) is 1.41. The van der Waals surface area contributed by atoms with E-state index in [0.29, 0.717) is 5.56 Å². The van der Waals surface area contributed by atoms with Gasteiger partial charge in [-0.15, -0.1) is 0 Å². The second-order valence-corrected chi connectivity index (χ2v) is 5.51. The fourth-order valence-corrected chi connectivity index (χ4v) is 2.05. The molecule has 0 saturated carbocycles. The van der Waals surface area contributed by atoms with Crippen LogP contribution in [0, 0.1) is 0 Å². The molecule has 0 amide bonds. The van der Waals surface area contributed by atoms with Crippen LogP contribution in [0.1, 0.15) is 15.9 Å². The first-order valence-electron chi connectivity index (χ1n) is 5.75. The normalized spacial score (nSPS) is 11.2. The van der Waals surface area contributed by atoms with E-state index in [2.05, 4.69) is 32.8 Å². The van der Waals surface area contributed by atoms with E-state index < -0.39 is 5.97 Å². The van der Waals surface area contributed by atoms with Gasteiger partial charge in [-0.1, -0.05) is 22.0 Å². The summed E-state index contributed by atoms with van der Waals surface area (Å²) < 4.78 is 0.846. The molecule has 18 heavy (non-hydrogen) atoms. The van der Waals surface area contributed by atoms with Crippen LogP contribution in [0.15, 0.2) is 22.7 Å². The number of carboxylic acid groups (broad SMARTS) is 1. The van der Waals surface area contributed by atoms with Crippen molar-refractivity contribution >= 4 is 21.9 Å². The first kappa shape index (κ1) is 15.1. The van der Waals surface area contributed by atoms with Gasteiger partial charge in [0.15, 0.2) is 0 Å². The topological polar surface area (TPSA) is 43.8 Å². The fraction of sp³-hybridized carbons (Fsp3) is 0.462. The van der Waals surface area contributed by atoms with Crippen LogP contribution >= 0.6 is 15.9 Å². The van der Waals surface area contributed by atoms with E-state index in [0.717, 1.165) is 29.7 Å². The maximum absolute atomic E-state index is 10.8. The molecule has 0 aliphatic rings. The van der Waals surface area contributed by atoms with E-state index in [1.807, 2.05) is 20.2 Å². The number of benzene rings is 1. The van der Waals surface area contributed by atoms with Gasteiger partial charge >= 0.3 is 5.97 Å². The van der Waals surface area contributed by atoms with Gasteiger partial charge in [-0.25, -0.2) is 4.79 Å². The predicted octanol–water partition coefficient (Wildman–Crippen LogP) is 2.14. The van der Waals surface area contributed by atoms with Crippen molar-refractivity contribution in [2.45, 2.75) is 6.54 Å². The highest BCUT2D eigenvalue weighted by molar-refractivity contribution is 9.10. The molecule has 0 aromatic heterocycles. The molecule has 1 aromatic rings. The van der Waals surface area contributed by atoms with Crippen molar-refractivity contribution in [3.8, 4) is 0 Å². The van der Waals surface area contributed by atoms with Crippen molar-refractivity contribution in [3.63, 3.8) is 0 Å². The smallest absolute Gasteiger partial charge is 0.335 e. The number of rotatable bonds is 6. The zero-order valence-corrected chi connectivity index (χ0v) is 12.6. The highest BCUT2D eigenvalue weighted by Gasteiger charge is 2.08. The summed E-state index contributed by atoms with van der Waals surface area (Å²) in [5, 5.41) is 8.89. The lowest BCUT2D eigenvalue weighted by Crippen LogP contribution is -2.28. The van der Waals surface area contributed by atoms with E-state index in [4.69, 9.17) is 5.11 Å². The molecule has 0 atom stereocenters. The van der Waals surface area contributed by atoms with Gasteiger partial charge in [-0.05, 0) is 38.8 Å². The summed E-state index contributed by atoms with van der Waals surface area (Å²) in [5.74, 6) is -0.900. The van der Waals surface area contributed by atoms with Crippen molar-refractivity contribution in [2.24, 2.45) is 0 Å². The Labute approximate surface area is 116 Å². The Bertz CT molecular complexity index is 421. The minimum atomic E-state index is -0.900. The lowest BCUT2D eigenvalue weighted by Gasteiger charge is -2.20. The van der Waals surface area contributed by atoms with Gasteiger partial charge in [0.05, 0.1) is 5.56 Å². The van der Waals surface area contributed by atoms with Crippen LogP contribution in [0.25, 0.3) is 0 Å². The summed E-state index contributed by atoms with van der Waals surface area (Å²) in [4.78, 5) is 15.2. The molecule has 0 aliphatic heterocycles. The highest BCUT2D eigenvalue weighted by atomic mass is 79.9. The van der Waals surface area contributed by atoms with Crippen LogP contribution in [-0.2, 0) is 6.54 Å². The third-order valence-electron chi connectivity index (χ3n) is 2.67. The molecule has 0 saturated heterocycles. The number of carbonyl (C=O) groups is 1. The van der Waals surface area contributed by atoms with Crippen LogP contribution in [0.4, 0.5) is 0 Å². The molecule has 0 heterocycles. The van der Waals surface area contributed by atoms with Gasteiger partial charge in [-0.3, -0.25) is 0 Å². The molecule has 0 radical (unpaired) electrons. The van der Waals surface area contributed by atoms with Gasteiger partial charge < -0.3 is 14.9 Å². The van der Waals surface area contributed by atoms with Crippen molar-refractivity contribution in [1.82, 2.24) is 9.80 Å². The van der Waals surface area contributed by atoms with Crippen LogP contribution in [0.5, 0.6) is 0 Å². The van der Waals surface area contributed by atoms with Crippen molar-refractivity contribution in [3.05, 3.63) is 33.8 Å². The summed E-state index contributed by atoms with van der Waals surface area (Å²) in [7, 11) is 6.15. The summed E-state index contributed by atoms with van der Waals surface area (Å²) in [6.45, 7) is 2.77. The Kier molecular flexibility index (Phi) is 5.78. The minimum Gasteiger partial charge on any atom is -0.478 e. The van der Waals surface area contributed by atoms with Crippen LogP contribution in [-0.4, -0.2) is 55.1 Å². The average molecular weight is 315 g/mol. The second kappa shape index (κ2) is 6.87. The molecule has 0 unspecified atom stereocenters. The summed E-state index contributed by atoms with van der Waals surface area (Å²) >= 11 is 3.42. The van der Waals surface area contributed by atoms with E-state index in [-0.39, 0.29) is 0 Å². The predicted molar refractivity (Wildman–Crippen MR) is 76.0 cm³/mol. The van der Waals surface area contributed by atoms with Crippen LogP contribution in [0.3, 0.4) is 0 Å². The van der Waals surface area contributed by atoms with Gasteiger partial charge in [-0.2, -0.15) is 0 Å². The summed E-state index contributed by atoms with van der Waals surface area (Å²) in [6.07, 6.45) is 0. The number of hydrogen-bond donors (Lipinski definition) is 1. The molecule has 0 bridgehead atoms. The van der Waals surface area contributed by atoms with E-state index in [1.165, 1.54) is 0 Å². The molecule has 4 nitrogen and oxygen atoms in total. The zero-order valence-electron chi connectivity index (χ0n) is 11.0. The molecule has 100 valence electrons. The van der Waals surface area contributed by atoms with Crippen molar-refractivity contribution < 1.29 is 9.90 Å². The Morgan fingerprint density at radius 3 is 2.44 bits per heavy atom. The lowest BCUT2D eigenvalue weighted by molar-refractivity contribution is 0.0697. The number of carboxylic acids is 1. The molecule has 0 aliphatic carbocycles. The first-order chi connectivity index (χ1) is 8.40. The van der Waals surface area contributed by atoms with Crippen molar-refractivity contribution in [2.75, 3.05) is 34.2 Å². The van der Waals surface area contributed by atoms with Crippen LogP contribution < -0.4 is 0 Å². The maximum Gasteiger partial charge on any atom is 0.335 e. The molecule has 1 aromatic carbocycles. The third kappa shape index (κ3) is 4.76. The van der Waals surface area contributed by atoms with Gasteiger partial charge in [0.1, 0.15) is 0 Å². The number of likely N-dealkylation sites (N-methyl/N-ethyl adjacent to an activating group) is 2. The summed E-state index contributed by atoms with van der Waals surface area (Å²) in [6, 6.07) is 5.15. The number of aromatic carboxylic acids is 1. The Morgan fingerprint density at radius 2 is 1.94 bits per heavy atom. The second-order valence-electron chi connectivity index (χ2n) is 4.65. The molecule has 0 spiro atoms. The highest BCUT2D eigenvalue weighted by Crippen LogP contribution is 2.20. The monoisotopic (exact) mass is 314 g/mol. The zero-order chi connectivity index (χ0) is 13.7. The van der Waals surface area contributed by atoms with Gasteiger partial charge in [0, 0.05) is 24.1 Å². The largest absolute Gasteiger partial charge is 0.478 e. The van der Waals surface area contributed by atoms with Gasteiger partial charge in [0.2, 0.25) is 0 Å². The Hall–Kier alpha value is -0.910. The Morgan fingerprint density at radius 1 is 1.28 bits per heavy atom. The first-order valence-corrected chi connectivity index (χ1v) is 6.54. The molecule has 1 rings (SSSR count). The molecular weight excluding hydrogens is 296 g/mol. The Balaban J connectivity index is 2.64. The standard InChI is InChI=1S/C13H19BrN2O2/c1-15(2)6-7-16(3)9-11-5-4-10(13(17)18)8-12(11)14/h4-5,8H,6-7,9H2,1-3H3,(H,17,18). The maximum atomic E-state index is 10.8. The number of nitrogens with zero attached hydrogens (tertiary/aromatic N) is 2. The fourth-order valence-electron chi connectivity index (χ4n) is 1.55. The third-order valence-corrected chi connectivity index (χ3v) is 3.41. The van der Waals surface area contributed by atoms with E-state index >= 15 is 0 Å². The molecule has 0 fully saturated rings. The van der Waals surface area contributed by atoms with Crippen LogP contribution in [0.2, 0.25) is 0 Å². The molecule has 1 N–H and O–H groups in total. The quantitative estimate of drug-likeness (QED) is 0.873. The number of hydrogen-bond acceptors (Lipinski definition) is 3. The lowest BCUT2D eigenvalue weighted by atomic mass is 10.1. The van der Waals surface area contributed by atoms with E-state index in [1.54, 1.807) is 12.1 Å². The van der Waals surface area contributed by atoms with E-state index in [9.17, 15) is 4.79 Å².